The summed E-state index contributed by atoms with van der Waals surface area (Å²) in [5.74, 6) is 0.503. The molecular weight excluding hydrogens is 352 g/mol. The fraction of sp³-hybridized carbons (Fsp3) is 0.200. The SMILES string of the molecule is CC(C)c1cc(=O)[nH]c2cc(NC(=O)COc3ccc(Cl)cc3)ccc12. The summed E-state index contributed by atoms with van der Waals surface area (Å²) in [7, 11) is 0. The highest BCUT2D eigenvalue weighted by molar-refractivity contribution is 6.30. The van der Waals surface area contributed by atoms with Crippen molar-refractivity contribution in [2.75, 3.05) is 11.9 Å². The van der Waals surface area contributed by atoms with Gasteiger partial charge in [0.05, 0.1) is 5.52 Å². The molecule has 0 unspecified atom stereocenters. The Bertz CT molecular complexity index is 994. The van der Waals surface area contributed by atoms with Crippen LogP contribution in [0.15, 0.2) is 53.3 Å². The van der Waals surface area contributed by atoms with Crippen molar-refractivity contribution in [1.29, 1.82) is 0 Å². The number of ether oxygens (including phenoxy) is 1. The molecule has 1 amide bonds. The van der Waals surface area contributed by atoms with Crippen molar-refractivity contribution in [1.82, 2.24) is 4.98 Å². The van der Waals surface area contributed by atoms with Crippen LogP contribution in [0.4, 0.5) is 5.69 Å². The summed E-state index contributed by atoms with van der Waals surface area (Å²) in [6.07, 6.45) is 0. The van der Waals surface area contributed by atoms with E-state index in [-0.39, 0.29) is 24.0 Å². The van der Waals surface area contributed by atoms with Crippen molar-refractivity contribution in [3.8, 4) is 5.75 Å². The van der Waals surface area contributed by atoms with E-state index in [1.807, 2.05) is 26.0 Å². The molecule has 2 aromatic carbocycles. The quantitative estimate of drug-likeness (QED) is 0.702. The molecule has 0 aliphatic heterocycles. The van der Waals surface area contributed by atoms with Gasteiger partial charge in [-0.2, -0.15) is 0 Å². The summed E-state index contributed by atoms with van der Waals surface area (Å²) < 4.78 is 5.42. The summed E-state index contributed by atoms with van der Waals surface area (Å²) in [6.45, 7) is 3.96. The Morgan fingerprint density at radius 2 is 1.88 bits per heavy atom. The van der Waals surface area contributed by atoms with Gasteiger partial charge in [0, 0.05) is 22.2 Å². The molecule has 2 N–H and O–H groups in total. The number of aromatic amines is 1. The number of amides is 1. The Labute approximate surface area is 156 Å². The van der Waals surface area contributed by atoms with Crippen LogP contribution in [0.1, 0.15) is 25.3 Å². The topological polar surface area (TPSA) is 71.2 Å². The summed E-state index contributed by atoms with van der Waals surface area (Å²) in [5.41, 5.74) is 2.11. The molecule has 1 aromatic heterocycles. The molecule has 1 heterocycles. The number of aromatic nitrogens is 1. The number of benzene rings is 2. The van der Waals surface area contributed by atoms with Crippen LogP contribution < -0.4 is 15.6 Å². The summed E-state index contributed by atoms with van der Waals surface area (Å²) in [4.78, 5) is 26.8. The monoisotopic (exact) mass is 370 g/mol. The van der Waals surface area contributed by atoms with E-state index in [0.717, 1.165) is 10.9 Å². The predicted octanol–water partition coefficient (Wildman–Crippen LogP) is 4.32. The second kappa shape index (κ2) is 7.62. The molecule has 0 radical (unpaired) electrons. The van der Waals surface area contributed by atoms with Gasteiger partial charge in [-0.15, -0.1) is 0 Å². The zero-order valence-corrected chi connectivity index (χ0v) is 15.3. The minimum atomic E-state index is -0.290. The highest BCUT2D eigenvalue weighted by Gasteiger charge is 2.09. The van der Waals surface area contributed by atoms with Gasteiger partial charge in [0.1, 0.15) is 5.75 Å². The van der Waals surface area contributed by atoms with Crippen LogP contribution in [-0.2, 0) is 4.79 Å². The number of halogens is 1. The van der Waals surface area contributed by atoms with Gasteiger partial charge in [-0.25, -0.2) is 0 Å². The first-order valence-electron chi connectivity index (χ1n) is 8.27. The Hall–Kier alpha value is -2.79. The van der Waals surface area contributed by atoms with Crippen molar-refractivity contribution < 1.29 is 9.53 Å². The maximum atomic E-state index is 12.1. The molecule has 0 atom stereocenters. The van der Waals surface area contributed by atoms with Gasteiger partial charge in [-0.3, -0.25) is 9.59 Å². The zero-order valence-electron chi connectivity index (χ0n) is 14.5. The normalized spacial score (nSPS) is 10.9. The average molecular weight is 371 g/mol. The second-order valence-electron chi connectivity index (χ2n) is 6.29. The number of fused-ring (bicyclic) bond motifs is 1. The summed E-state index contributed by atoms with van der Waals surface area (Å²) >= 11 is 5.81. The molecule has 6 heteroatoms. The fourth-order valence-corrected chi connectivity index (χ4v) is 2.85. The molecule has 26 heavy (non-hydrogen) atoms. The van der Waals surface area contributed by atoms with E-state index in [0.29, 0.717) is 22.0 Å². The Kier molecular flexibility index (Phi) is 5.28. The van der Waals surface area contributed by atoms with Crippen LogP contribution in [0.25, 0.3) is 10.9 Å². The number of carbonyl (C=O) groups is 1. The van der Waals surface area contributed by atoms with Crippen LogP contribution in [0.2, 0.25) is 5.02 Å². The first kappa shape index (κ1) is 18.0. The van der Waals surface area contributed by atoms with Gasteiger partial charge in [-0.1, -0.05) is 31.5 Å². The number of H-pyrrole nitrogens is 1. The first-order chi connectivity index (χ1) is 12.4. The number of rotatable bonds is 5. The lowest BCUT2D eigenvalue weighted by molar-refractivity contribution is -0.118. The molecule has 0 bridgehead atoms. The number of carbonyl (C=O) groups excluding carboxylic acids is 1. The first-order valence-corrected chi connectivity index (χ1v) is 8.65. The lowest BCUT2D eigenvalue weighted by atomic mass is 9.99. The third-order valence-corrected chi connectivity index (χ3v) is 4.22. The van der Waals surface area contributed by atoms with E-state index in [1.165, 1.54) is 0 Å². The smallest absolute Gasteiger partial charge is 0.262 e. The average Bonchev–Trinajstić information content (AvgIpc) is 2.60. The molecule has 3 aromatic rings. The number of hydrogen-bond acceptors (Lipinski definition) is 3. The van der Waals surface area contributed by atoms with E-state index in [1.54, 1.807) is 36.4 Å². The second-order valence-corrected chi connectivity index (χ2v) is 6.73. The van der Waals surface area contributed by atoms with Crippen LogP contribution in [0, 0.1) is 0 Å². The zero-order chi connectivity index (χ0) is 18.7. The highest BCUT2D eigenvalue weighted by atomic mass is 35.5. The number of pyridine rings is 1. The molecule has 0 aliphatic rings. The maximum Gasteiger partial charge on any atom is 0.262 e. The van der Waals surface area contributed by atoms with Gasteiger partial charge >= 0.3 is 0 Å². The van der Waals surface area contributed by atoms with E-state index >= 15 is 0 Å². The van der Waals surface area contributed by atoms with Crippen molar-refractivity contribution in [3.05, 3.63) is 69.5 Å². The standard InChI is InChI=1S/C20H19ClN2O3/c1-12(2)17-10-19(24)23-18-9-14(5-8-16(17)18)22-20(25)11-26-15-6-3-13(21)4-7-15/h3-10,12H,11H2,1-2H3,(H,22,25)(H,23,24). The van der Waals surface area contributed by atoms with Gasteiger partial charge in [0.15, 0.2) is 6.61 Å². The molecule has 0 spiro atoms. The molecular formula is C20H19ClN2O3. The highest BCUT2D eigenvalue weighted by Crippen LogP contribution is 2.25. The van der Waals surface area contributed by atoms with Crippen molar-refractivity contribution in [2.45, 2.75) is 19.8 Å². The molecule has 0 saturated carbocycles. The molecule has 5 nitrogen and oxygen atoms in total. The maximum absolute atomic E-state index is 12.1. The minimum absolute atomic E-state index is 0.123. The van der Waals surface area contributed by atoms with Crippen molar-refractivity contribution in [3.63, 3.8) is 0 Å². The minimum Gasteiger partial charge on any atom is -0.484 e. The van der Waals surface area contributed by atoms with E-state index < -0.39 is 0 Å². The van der Waals surface area contributed by atoms with Gasteiger partial charge in [-0.05, 0) is 47.9 Å². The largest absolute Gasteiger partial charge is 0.484 e. The summed E-state index contributed by atoms with van der Waals surface area (Å²) in [5, 5.41) is 4.34. The van der Waals surface area contributed by atoms with Crippen molar-refractivity contribution >= 4 is 34.1 Å². The Balaban J connectivity index is 1.73. The van der Waals surface area contributed by atoms with E-state index in [4.69, 9.17) is 16.3 Å². The van der Waals surface area contributed by atoms with Crippen LogP contribution in [0.5, 0.6) is 5.75 Å². The van der Waals surface area contributed by atoms with Gasteiger partial charge in [0.2, 0.25) is 5.56 Å². The molecule has 3 rings (SSSR count). The Morgan fingerprint density at radius 3 is 2.58 bits per heavy atom. The molecule has 0 saturated heterocycles. The fourth-order valence-electron chi connectivity index (χ4n) is 2.72. The van der Waals surface area contributed by atoms with Crippen molar-refractivity contribution in [2.24, 2.45) is 0 Å². The molecule has 134 valence electrons. The number of nitrogens with one attached hydrogen (secondary N) is 2. The van der Waals surface area contributed by atoms with E-state index in [2.05, 4.69) is 10.3 Å². The third kappa shape index (κ3) is 4.24. The molecule has 0 fully saturated rings. The number of hydrogen-bond donors (Lipinski definition) is 2. The Morgan fingerprint density at radius 1 is 1.15 bits per heavy atom. The van der Waals surface area contributed by atoms with E-state index in [9.17, 15) is 9.59 Å². The van der Waals surface area contributed by atoms with Gasteiger partial charge < -0.3 is 15.0 Å². The van der Waals surface area contributed by atoms with Gasteiger partial charge in [0.25, 0.3) is 5.91 Å². The summed E-state index contributed by atoms with van der Waals surface area (Å²) in [6, 6.07) is 13.9. The predicted molar refractivity (Wildman–Crippen MR) is 104 cm³/mol. The van der Waals surface area contributed by atoms with Crippen LogP contribution in [0.3, 0.4) is 0 Å². The molecule has 0 aliphatic carbocycles. The lowest BCUT2D eigenvalue weighted by Gasteiger charge is -2.12. The number of anilines is 1. The van der Waals surface area contributed by atoms with Crippen LogP contribution in [-0.4, -0.2) is 17.5 Å². The van der Waals surface area contributed by atoms with Crippen LogP contribution >= 0.6 is 11.6 Å². The third-order valence-electron chi connectivity index (χ3n) is 3.96. The lowest BCUT2D eigenvalue weighted by Crippen LogP contribution is -2.20.